The van der Waals surface area contributed by atoms with Crippen LogP contribution in [0.5, 0.6) is 0 Å². The third kappa shape index (κ3) is 4.76. The minimum atomic E-state index is -1.21. The van der Waals surface area contributed by atoms with Crippen LogP contribution in [0.25, 0.3) is 0 Å². The van der Waals surface area contributed by atoms with Crippen molar-refractivity contribution in [3.8, 4) is 0 Å². The molecule has 0 rings (SSSR count). The zero-order chi connectivity index (χ0) is 9.56. The lowest BCUT2D eigenvalue weighted by molar-refractivity contribution is -0.140. The maximum absolute atomic E-state index is 10.3. The van der Waals surface area contributed by atoms with Crippen LogP contribution < -0.4 is 5.09 Å². The van der Waals surface area contributed by atoms with Gasteiger partial charge in [-0.05, 0) is 6.42 Å². The summed E-state index contributed by atoms with van der Waals surface area (Å²) in [7, 11) is -0.512. The summed E-state index contributed by atoms with van der Waals surface area (Å²) in [4.78, 5) is 20.3. The van der Waals surface area contributed by atoms with Gasteiger partial charge in [-0.15, -0.1) is 0 Å². The van der Waals surface area contributed by atoms with Gasteiger partial charge in [0.2, 0.25) is 8.61 Å². The smallest absolute Gasteiger partial charge is 0.321 e. The molecule has 0 bridgehead atoms. The number of rotatable bonds is 6. The van der Waals surface area contributed by atoms with Gasteiger partial charge in [-0.1, -0.05) is 0 Å². The van der Waals surface area contributed by atoms with Crippen LogP contribution in [0, 0.1) is 0 Å². The lowest BCUT2D eigenvalue weighted by Crippen LogP contribution is -2.31. The molecule has 6 nitrogen and oxygen atoms in total. The monoisotopic (exact) mass is 193 g/mol. The molecule has 0 amide bonds. The van der Waals surface area contributed by atoms with Crippen molar-refractivity contribution in [2.24, 2.45) is 0 Å². The van der Waals surface area contributed by atoms with Crippen LogP contribution in [0.3, 0.4) is 0 Å². The lowest BCUT2D eigenvalue weighted by Gasteiger charge is -2.06. The molecule has 1 atom stereocenters. The van der Waals surface area contributed by atoms with Gasteiger partial charge in [-0.2, -0.15) is 0 Å². The van der Waals surface area contributed by atoms with Gasteiger partial charge in [0.1, 0.15) is 6.04 Å². The second-order valence-corrected chi connectivity index (χ2v) is 2.48. The van der Waals surface area contributed by atoms with E-state index in [4.69, 9.17) is 10.2 Å². The molecule has 0 aliphatic heterocycles. The van der Waals surface area contributed by atoms with Crippen molar-refractivity contribution in [1.82, 2.24) is 5.09 Å². The van der Waals surface area contributed by atoms with E-state index in [0.29, 0.717) is 0 Å². The molecule has 1 unspecified atom stereocenters. The van der Waals surface area contributed by atoms with Crippen molar-refractivity contribution in [2.75, 3.05) is 0 Å². The molecule has 3 N–H and O–H groups in total. The first kappa shape index (κ1) is 11.0. The first-order valence-corrected chi connectivity index (χ1v) is 3.91. The van der Waals surface area contributed by atoms with E-state index in [1.165, 1.54) is 0 Å². The van der Waals surface area contributed by atoms with Gasteiger partial charge in [0, 0.05) is 6.42 Å². The molecule has 68 valence electrons. The molecule has 12 heavy (non-hydrogen) atoms. The minimum absolute atomic E-state index is 0.0834. The summed E-state index contributed by atoms with van der Waals surface area (Å²) in [6, 6.07) is -1.07. The normalized spacial score (nSPS) is 12.7. The zero-order valence-corrected chi connectivity index (χ0v) is 6.95. The maximum Gasteiger partial charge on any atom is 0.321 e. The molecular weight excluding hydrogens is 185 g/mol. The highest BCUT2D eigenvalue weighted by Crippen LogP contribution is 2.01. The Bertz CT molecular complexity index is 194. The van der Waals surface area contributed by atoms with Crippen LogP contribution in [0.4, 0.5) is 0 Å². The molecule has 0 saturated heterocycles. The van der Waals surface area contributed by atoms with Gasteiger partial charge in [0.25, 0.3) is 0 Å². The number of hydrogen-bond donors (Lipinski definition) is 3. The fourth-order valence-electron chi connectivity index (χ4n) is 0.575. The predicted molar refractivity (Wildman–Crippen MR) is 39.0 cm³/mol. The van der Waals surface area contributed by atoms with Gasteiger partial charge in [-0.25, -0.2) is 5.09 Å². The predicted octanol–water partition coefficient (Wildman–Crippen LogP) is 0.101. The first-order valence-electron chi connectivity index (χ1n) is 3.10. The molecule has 0 radical (unpaired) electrons. The molecule has 0 aromatic heterocycles. The van der Waals surface area contributed by atoms with E-state index in [9.17, 15) is 14.2 Å². The summed E-state index contributed by atoms with van der Waals surface area (Å²) in [6.45, 7) is 0. The number of carboxylic acid groups (broad SMARTS) is 2. The number of hydrogen-bond acceptors (Lipinski definition) is 3. The summed E-state index contributed by atoms with van der Waals surface area (Å²) >= 11 is 0. The third-order valence-corrected chi connectivity index (χ3v) is 1.57. The van der Waals surface area contributed by atoms with Crippen LogP contribution in [0.1, 0.15) is 12.8 Å². The molecular formula is C5H8NO5P. The summed E-state index contributed by atoms with van der Waals surface area (Å²) in [5, 5.41) is 18.7. The first-order chi connectivity index (χ1) is 5.57. The Hall–Kier alpha value is -1.00. The fraction of sp³-hybridized carbons (Fsp3) is 0.600. The van der Waals surface area contributed by atoms with Gasteiger partial charge in [0.15, 0.2) is 0 Å². The van der Waals surface area contributed by atoms with Crippen LogP contribution in [0.2, 0.25) is 0 Å². The van der Waals surface area contributed by atoms with E-state index in [2.05, 4.69) is 5.09 Å². The second kappa shape index (κ2) is 5.62. The number of nitrogens with one attached hydrogen (secondary N) is 1. The molecule has 0 aromatic carbocycles. The Morgan fingerprint density at radius 3 is 2.33 bits per heavy atom. The largest absolute Gasteiger partial charge is 0.481 e. The molecule has 0 aromatic rings. The van der Waals surface area contributed by atoms with Gasteiger partial charge >= 0.3 is 11.9 Å². The third-order valence-electron chi connectivity index (χ3n) is 1.15. The quantitative estimate of drug-likeness (QED) is 0.517. The molecule has 0 aliphatic rings. The maximum atomic E-state index is 10.3. The summed E-state index contributed by atoms with van der Waals surface area (Å²) in [5.74, 6) is -2.29. The summed E-state index contributed by atoms with van der Waals surface area (Å²) in [5.41, 5.74) is 0. The van der Waals surface area contributed by atoms with Crippen molar-refractivity contribution in [3.05, 3.63) is 0 Å². The molecule has 0 saturated carbocycles. The van der Waals surface area contributed by atoms with E-state index in [-0.39, 0.29) is 12.8 Å². The van der Waals surface area contributed by atoms with Crippen molar-refractivity contribution >= 4 is 20.5 Å². The Kier molecular flexibility index (Phi) is 5.16. The van der Waals surface area contributed by atoms with Crippen LogP contribution in [-0.4, -0.2) is 28.2 Å². The van der Waals surface area contributed by atoms with E-state index in [1.54, 1.807) is 0 Å². The lowest BCUT2D eigenvalue weighted by atomic mass is 10.2. The Balaban J connectivity index is 3.86. The molecule has 0 aliphatic carbocycles. The van der Waals surface area contributed by atoms with E-state index < -0.39 is 26.6 Å². The summed E-state index contributed by atoms with van der Waals surface area (Å²) < 4.78 is 9.94. The average molecular weight is 193 g/mol. The highest BCUT2D eigenvalue weighted by molar-refractivity contribution is 7.21. The van der Waals surface area contributed by atoms with Gasteiger partial charge in [0.05, 0.1) is 0 Å². The topological polar surface area (TPSA) is 104 Å². The minimum Gasteiger partial charge on any atom is -0.481 e. The average Bonchev–Trinajstić information content (AvgIpc) is 1.96. The Labute approximate surface area is 69.8 Å². The highest BCUT2D eigenvalue weighted by atomic mass is 31.1. The highest BCUT2D eigenvalue weighted by Gasteiger charge is 2.17. The Morgan fingerprint density at radius 1 is 1.42 bits per heavy atom. The van der Waals surface area contributed by atoms with Crippen molar-refractivity contribution in [1.29, 1.82) is 0 Å². The van der Waals surface area contributed by atoms with Crippen molar-refractivity contribution in [3.63, 3.8) is 0 Å². The van der Waals surface area contributed by atoms with Crippen LogP contribution >= 0.6 is 8.61 Å². The van der Waals surface area contributed by atoms with Crippen molar-refractivity contribution < 1.29 is 24.4 Å². The SMILES string of the molecule is O=PNC(CCC(=O)O)C(=O)O. The van der Waals surface area contributed by atoms with Crippen LogP contribution in [0.15, 0.2) is 0 Å². The number of aliphatic carboxylic acids is 2. The van der Waals surface area contributed by atoms with E-state index in [0.717, 1.165) is 0 Å². The van der Waals surface area contributed by atoms with E-state index in [1.807, 2.05) is 0 Å². The molecule has 0 heterocycles. The zero-order valence-electron chi connectivity index (χ0n) is 6.06. The van der Waals surface area contributed by atoms with Crippen LogP contribution in [-0.2, 0) is 14.2 Å². The standard InChI is InChI=1S/C5H8NO5P/c7-4(8)2-1-3(5(9)10)6-12-11/h3H,1-2H2,(H,6,11)(H,7,8)(H,9,10). The van der Waals surface area contributed by atoms with E-state index >= 15 is 0 Å². The van der Waals surface area contributed by atoms with Crippen molar-refractivity contribution in [2.45, 2.75) is 18.9 Å². The second-order valence-electron chi connectivity index (χ2n) is 2.04. The molecule has 7 heteroatoms. The number of carboxylic acids is 2. The van der Waals surface area contributed by atoms with Gasteiger partial charge in [-0.3, -0.25) is 14.2 Å². The fourth-order valence-corrected chi connectivity index (χ4v) is 0.941. The molecule has 0 fully saturated rings. The number of carbonyl (C=O) groups is 2. The summed E-state index contributed by atoms with van der Waals surface area (Å²) in [6.07, 6.45) is -0.348. The molecule has 0 spiro atoms. The Morgan fingerprint density at radius 2 is 2.00 bits per heavy atom. The van der Waals surface area contributed by atoms with Gasteiger partial charge < -0.3 is 10.2 Å².